The monoisotopic (exact) mass is 787 g/mol. The first kappa shape index (κ1) is 40.7. The van der Waals surface area contributed by atoms with Crippen LogP contribution in [0.5, 0.6) is 17.2 Å². The summed E-state index contributed by atoms with van der Waals surface area (Å²) in [6.45, 7) is 6.45. The number of pyridine rings is 1. The van der Waals surface area contributed by atoms with Crippen molar-refractivity contribution in [1.29, 1.82) is 0 Å². The van der Waals surface area contributed by atoms with E-state index in [9.17, 15) is 23.7 Å². The van der Waals surface area contributed by atoms with Gasteiger partial charge in [0, 0.05) is 67.6 Å². The molecule has 1 aromatic heterocycles. The molecule has 286 valence electrons. The number of nitrogens with one attached hydrogen (secondary N) is 1. The average molecular weight is 789 g/mol. The Labute approximate surface area is 321 Å². The summed E-state index contributed by atoms with van der Waals surface area (Å²) >= 11 is 13.6. The Morgan fingerprint density at radius 3 is 2.40 bits per heavy atom. The predicted molar refractivity (Wildman–Crippen MR) is 206 cm³/mol. The van der Waals surface area contributed by atoms with E-state index in [4.69, 9.17) is 37.4 Å². The van der Waals surface area contributed by atoms with E-state index < -0.39 is 15.4 Å². The molecule has 1 aliphatic heterocycles. The van der Waals surface area contributed by atoms with Crippen molar-refractivity contribution >= 4 is 33.0 Å². The van der Waals surface area contributed by atoms with Crippen LogP contribution < -0.4 is 19.5 Å². The number of likely N-dealkylation sites (tertiary alicyclic amines) is 1. The Bertz CT molecular complexity index is 1980. The maximum absolute atomic E-state index is 12.1. The molecular weight excluding hydrogens is 741 g/mol. The zero-order valence-electron chi connectivity index (χ0n) is 30.1. The molecule has 3 aromatic carbocycles. The van der Waals surface area contributed by atoms with Crippen molar-refractivity contribution in [2.24, 2.45) is 0 Å². The molecule has 0 radical (unpaired) electrons. The van der Waals surface area contributed by atoms with Gasteiger partial charge in [-0.05, 0) is 61.6 Å². The summed E-state index contributed by atoms with van der Waals surface area (Å²) in [5.74, 6) is 1.38. The molecule has 11 nitrogen and oxygen atoms in total. The fourth-order valence-corrected chi connectivity index (χ4v) is 7.08. The molecule has 1 aliphatic rings. The molecule has 0 amide bonds. The van der Waals surface area contributed by atoms with Crippen molar-refractivity contribution in [2.75, 3.05) is 45.7 Å². The van der Waals surface area contributed by atoms with Gasteiger partial charge in [-0.3, -0.25) is 4.98 Å². The Hall–Kier alpha value is -3.46. The SMILES string of the molecule is Cc1c(COc2cc(OCc3cncc(S(C)(=O)=O)c3)c(CNC(C)(CO)CO)cc2Cl)cccc1-c1cccc(OCCCN2CCC(O)C2)c1Cl. The van der Waals surface area contributed by atoms with Gasteiger partial charge in [0.2, 0.25) is 0 Å². The van der Waals surface area contributed by atoms with Crippen LogP contribution in [0.1, 0.15) is 42.0 Å². The number of aliphatic hydroxyl groups is 3. The van der Waals surface area contributed by atoms with Crippen LogP contribution in [-0.4, -0.2) is 91.0 Å². The van der Waals surface area contributed by atoms with Gasteiger partial charge in [-0.25, -0.2) is 8.42 Å². The molecule has 1 fully saturated rings. The third kappa shape index (κ3) is 10.8. The first-order valence-electron chi connectivity index (χ1n) is 17.4. The summed E-state index contributed by atoms with van der Waals surface area (Å²) in [4.78, 5) is 6.37. The van der Waals surface area contributed by atoms with E-state index in [0.29, 0.717) is 51.6 Å². The van der Waals surface area contributed by atoms with Gasteiger partial charge >= 0.3 is 0 Å². The van der Waals surface area contributed by atoms with Crippen molar-refractivity contribution in [3.63, 3.8) is 0 Å². The van der Waals surface area contributed by atoms with Crippen LogP contribution in [-0.2, 0) is 29.6 Å². The summed E-state index contributed by atoms with van der Waals surface area (Å²) in [7, 11) is -3.47. The Morgan fingerprint density at radius 2 is 1.68 bits per heavy atom. The second-order valence-electron chi connectivity index (χ2n) is 13.7. The molecule has 53 heavy (non-hydrogen) atoms. The number of nitrogens with zero attached hydrogens (tertiary/aromatic N) is 2. The van der Waals surface area contributed by atoms with Gasteiger partial charge in [0.05, 0.1) is 46.4 Å². The third-order valence-corrected chi connectivity index (χ3v) is 11.1. The fourth-order valence-electron chi connectivity index (χ4n) is 5.94. The second-order valence-corrected chi connectivity index (χ2v) is 16.5. The first-order chi connectivity index (χ1) is 25.3. The highest BCUT2D eigenvalue weighted by atomic mass is 35.5. The van der Waals surface area contributed by atoms with Gasteiger partial charge in [-0.2, -0.15) is 0 Å². The number of benzene rings is 3. The normalized spacial score (nSPS) is 15.1. The molecule has 4 N–H and O–H groups in total. The zero-order chi connectivity index (χ0) is 38.2. The molecule has 1 saturated heterocycles. The first-order valence-corrected chi connectivity index (χ1v) is 20.0. The van der Waals surface area contributed by atoms with E-state index in [1.165, 1.54) is 18.5 Å². The number of hydrogen-bond acceptors (Lipinski definition) is 11. The van der Waals surface area contributed by atoms with Gasteiger partial charge in [-0.1, -0.05) is 53.5 Å². The van der Waals surface area contributed by atoms with Crippen LogP contribution in [0.25, 0.3) is 11.1 Å². The molecular formula is C39H47Cl2N3O8S. The molecule has 0 saturated carbocycles. The largest absolute Gasteiger partial charge is 0.492 e. The molecule has 0 spiro atoms. The lowest BCUT2D eigenvalue weighted by atomic mass is 9.96. The van der Waals surface area contributed by atoms with Crippen molar-refractivity contribution < 1.29 is 37.9 Å². The average Bonchev–Trinajstić information content (AvgIpc) is 3.57. The predicted octanol–water partition coefficient (Wildman–Crippen LogP) is 5.59. The fraction of sp³-hybridized carbons (Fsp3) is 0.410. The van der Waals surface area contributed by atoms with E-state index in [2.05, 4.69) is 15.2 Å². The van der Waals surface area contributed by atoms with Gasteiger partial charge in [0.25, 0.3) is 0 Å². The van der Waals surface area contributed by atoms with Crippen LogP contribution in [0.4, 0.5) is 0 Å². The quantitative estimate of drug-likeness (QED) is 0.0935. The van der Waals surface area contributed by atoms with E-state index in [1.54, 1.807) is 19.1 Å². The Balaban J connectivity index is 1.32. The van der Waals surface area contributed by atoms with E-state index in [0.717, 1.165) is 54.4 Å². The number of halogens is 2. The summed E-state index contributed by atoms with van der Waals surface area (Å²) in [6, 6.07) is 16.5. The summed E-state index contributed by atoms with van der Waals surface area (Å²) in [5.41, 5.74) is 3.87. The summed E-state index contributed by atoms with van der Waals surface area (Å²) in [6.07, 6.45) is 5.32. The van der Waals surface area contributed by atoms with E-state index in [1.807, 2.05) is 43.3 Å². The number of ether oxygens (including phenoxy) is 3. The van der Waals surface area contributed by atoms with Crippen molar-refractivity contribution in [3.05, 3.63) is 99.3 Å². The highest BCUT2D eigenvalue weighted by molar-refractivity contribution is 7.90. The number of rotatable bonds is 18. The minimum absolute atomic E-state index is 0.00890. The number of β-amino-alcohol motifs (C(OH)–C–C–N with tert-alkyl or cyclic N) is 1. The maximum Gasteiger partial charge on any atom is 0.177 e. The molecule has 0 bridgehead atoms. The zero-order valence-corrected chi connectivity index (χ0v) is 32.5. The standard InChI is InChI=1S/C39H47Cl2N3O8S/c1-26-28(7-4-8-32(26)33-9-5-10-35(38(33)41)50-14-6-12-44-13-11-30(47)21-44)23-52-37-17-36(29(16-34(37)40)19-43-39(2,24-45)25-46)51-22-27-15-31(20-42-18-27)53(3,48)49/h4-5,7-10,15-18,20,30,43,45-47H,6,11-14,19,21-25H2,1-3H3. The number of sulfone groups is 1. The molecule has 5 rings (SSSR count). The molecule has 1 unspecified atom stereocenters. The smallest absolute Gasteiger partial charge is 0.177 e. The molecule has 1 atom stereocenters. The molecule has 14 heteroatoms. The van der Waals surface area contributed by atoms with Crippen molar-refractivity contribution in [3.8, 4) is 28.4 Å². The topological polar surface area (TPSA) is 151 Å². The van der Waals surface area contributed by atoms with Gasteiger partial charge < -0.3 is 39.7 Å². The summed E-state index contributed by atoms with van der Waals surface area (Å²) in [5, 5.41) is 33.4. The Morgan fingerprint density at radius 1 is 0.943 bits per heavy atom. The van der Waals surface area contributed by atoms with E-state index >= 15 is 0 Å². The molecule has 0 aliphatic carbocycles. The van der Waals surface area contributed by atoms with Gasteiger partial charge in [0.15, 0.2) is 9.84 Å². The summed E-state index contributed by atoms with van der Waals surface area (Å²) < 4.78 is 42.7. The highest BCUT2D eigenvalue weighted by Gasteiger charge is 2.23. The van der Waals surface area contributed by atoms with Crippen LogP contribution in [0.3, 0.4) is 0 Å². The minimum Gasteiger partial charge on any atom is -0.492 e. The number of aromatic nitrogens is 1. The van der Waals surface area contributed by atoms with Crippen molar-refractivity contribution in [2.45, 2.75) is 63.0 Å². The number of aliphatic hydroxyl groups excluding tert-OH is 3. The van der Waals surface area contributed by atoms with Crippen LogP contribution in [0.15, 0.2) is 71.9 Å². The van der Waals surface area contributed by atoms with Crippen LogP contribution >= 0.6 is 23.2 Å². The van der Waals surface area contributed by atoms with Gasteiger partial charge in [-0.15, -0.1) is 0 Å². The van der Waals surface area contributed by atoms with Crippen LogP contribution in [0.2, 0.25) is 10.0 Å². The lowest BCUT2D eigenvalue weighted by Crippen LogP contribution is -2.48. The van der Waals surface area contributed by atoms with Crippen molar-refractivity contribution in [1.82, 2.24) is 15.2 Å². The lowest BCUT2D eigenvalue weighted by Gasteiger charge is -2.27. The minimum atomic E-state index is -3.47. The van der Waals surface area contributed by atoms with Gasteiger partial charge in [0.1, 0.15) is 30.5 Å². The number of hydrogen-bond donors (Lipinski definition) is 4. The highest BCUT2D eigenvalue weighted by Crippen LogP contribution is 2.39. The van der Waals surface area contributed by atoms with E-state index in [-0.39, 0.29) is 44.0 Å². The molecule has 2 heterocycles. The molecule has 4 aromatic rings. The third-order valence-electron chi connectivity index (χ3n) is 9.32. The van der Waals surface area contributed by atoms with Crippen LogP contribution in [0, 0.1) is 6.92 Å². The Kier molecular flexibility index (Phi) is 14.0. The lowest BCUT2D eigenvalue weighted by molar-refractivity contribution is 0.103. The second kappa shape index (κ2) is 18.2. The maximum atomic E-state index is 12.1.